The Morgan fingerprint density at radius 2 is 2.06 bits per heavy atom. The van der Waals surface area contributed by atoms with Crippen molar-refractivity contribution < 1.29 is 0 Å². The standard InChI is InChI=1S/C14H14N4/c1-9-5-6-11(15)10(8-9)14-17-13-12(18(14)2)4-3-7-16-13/h3-8H,15H2,1-2H3. The van der Waals surface area contributed by atoms with Crippen LogP contribution in [0.3, 0.4) is 0 Å². The Bertz CT molecular complexity index is 728. The minimum absolute atomic E-state index is 0.735. The van der Waals surface area contributed by atoms with Crippen LogP contribution < -0.4 is 5.73 Å². The van der Waals surface area contributed by atoms with Crippen molar-refractivity contribution in [2.24, 2.45) is 7.05 Å². The molecule has 0 saturated heterocycles. The molecular formula is C14H14N4. The molecule has 0 aliphatic carbocycles. The lowest BCUT2D eigenvalue weighted by molar-refractivity contribution is 0.959. The number of aryl methyl sites for hydroxylation is 2. The molecule has 0 unspecified atom stereocenters. The first-order chi connectivity index (χ1) is 8.66. The Kier molecular flexibility index (Phi) is 2.30. The highest BCUT2D eigenvalue weighted by Gasteiger charge is 2.12. The summed E-state index contributed by atoms with van der Waals surface area (Å²) in [5.41, 5.74) is 10.6. The number of rotatable bonds is 1. The Morgan fingerprint density at radius 1 is 1.22 bits per heavy atom. The van der Waals surface area contributed by atoms with Crippen LogP contribution in [0.1, 0.15) is 5.56 Å². The average molecular weight is 238 g/mol. The first kappa shape index (κ1) is 10.8. The molecule has 0 bridgehead atoms. The fraction of sp³-hybridized carbons (Fsp3) is 0.143. The number of aromatic nitrogens is 3. The third kappa shape index (κ3) is 1.54. The molecule has 0 fully saturated rings. The summed E-state index contributed by atoms with van der Waals surface area (Å²) in [7, 11) is 1.98. The zero-order valence-electron chi connectivity index (χ0n) is 10.4. The van der Waals surface area contributed by atoms with Gasteiger partial charge in [-0.2, -0.15) is 0 Å². The number of imidazole rings is 1. The first-order valence-corrected chi connectivity index (χ1v) is 5.81. The second kappa shape index (κ2) is 3.84. The van der Waals surface area contributed by atoms with Crippen LogP contribution in [0.25, 0.3) is 22.6 Å². The van der Waals surface area contributed by atoms with Gasteiger partial charge in [-0.15, -0.1) is 0 Å². The smallest absolute Gasteiger partial charge is 0.178 e. The number of anilines is 1. The molecule has 18 heavy (non-hydrogen) atoms. The lowest BCUT2D eigenvalue weighted by atomic mass is 10.1. The molecule has 0 atom stereocenters. The third-order valence-corrected chi connectivity index (χ3v) is 3.11. The van der Waals surface area contributed by atoms with Gasteiger partial charge in [0.05, 0.1) is 5.52 Å². The van der Waals surface area contributed by atoms with Crippen molar-refractivity contribution in [1.29, 1.82) is 0 Å². The van der Waals surface area contributed by atoms with Gasteiger partial charge in [0, 0.05) is 24.5 Å². The number of nitrogens with two attached hydrogens (primary N) is 1. The number of hydrogen-bond acceptors (Lipinski definition) is 3. The van der Waals surface area contributed by atoms with Crippen LogP contribution in [0, 0.1) is 6.92 Å². The van der Waals surface area contributed by atoms with E-state index < -0.39 is 0 Å². The second-order valence-corrected chi connectivity index (χ2v) is 4.43. The highest BCUT2D eigenvalue weighted by Crippen LogP contribution is 2.28. The van der Waals surface area contributed by atoms with Crippen molar-refractivity contribution in [2.45, 2.75) is 6.92 Å². The van der Waals surface area contributed by atoms with Crippen molar-refractivity contribution in [3.8, 4) is 11.4 Å². The fourth-order valence-electron chi connectivity index (χ4n) is 2.13. The zero-order chi connectivity index (χ0) is 12.7. The minimum atomic E-state index is 0.735. The Hall–Kier alpha value is -2.36. The molecule has 4 heteroatoms. The number of benzene rings is 1. The van der Waals surface area contributed by atoms with Crippen LogP contribution in [-0.2, 0) is 7.05 Å². The highest BCUT2D eigenvalue weighted by atomic mass is 15.1. The number of nitrogen functional groups attached to an aromatic ring is 1. The molecule has 0 aliphatic rings. The fourth-order valence-corrected chi connectivity index (χ4v) is 2.13. The maximum Gasteiger partial charge on any atom is 0.178 e. The van der Waals surface area contributed by atoms with Crippen LogP contribution >= 0.6 is 0 Å². The molecule has 2 N–H and O–H groups in total. The quantitative estimate of drug-likeness (QED) is 0.663. The molecule has 3 rings (SSSR count). The van der Waals surface area contributed by atoms with Crippen molar-refractivity contribution in [1.82, 2.24) is 14.5 Å². The van der Waals surface area contributed by atoms with Gasteiger partial charge in [-0.3, -0.25) is 0 Å². The summed E-state index contributed by atoms with van der Waals surface area (Å²) in [6.45, 7) is 2.05. The van der Waals surface area contributed by atoms with Gasteiger partial charge in [0.1, 0.15) is 5.82 Å². The maximum absolute atomic E-state index is 6.04. The molecular weight excluding hydrogens is 224 g/mol. The van der Waals surface area contributed by atoms with E-state index in [0.29, 0.717) is 0 Å². The molecule has 0 amide bonds. The Labute approximate surface area is 105 Å². The van der Waals surface area contributed by atoms with Crippen molar-refractivity contribution in [2.75, 3.05) is 5.73 Å². The van der Waals surface area contributed by atoms with E-state index in [9.17, 15) is 0 Å². The summed E-state index contributed by atoms with van der Waals surface area (Å²) in [5.74, 6) is 0.852. The van der Waals surface area contributed by atoms with Crippen LogP contribution in [-0.4, -0.2) is 14.5 Å². The molecule has 0 saturated carbocycles. The van der Waals surface area contributed by atoms with Crippen LogP contribution in [0.2, 0.25) is 0 Å². The summed E-state index contributed by atoms with van der Waals surface area (Å²) >= 11 is 0. The SMILES string of the molecule is Cc1ccc(N)c(-c2nc3ncccc3n2C)c1. The van der Waals surface area contributed by atoms with E-state index in [4.69, 9.17) is 5.73 Å². The van der Waals surface area contributed by atoms with E-state index in [0.717, 1.165) is 28.2 Å². The van der Waals surface area contributed by atoms with Crippen LogP contribution in [0.4, 0.5) is 5.69 Å². The Morgan fingerprint density at radius 3 is 2.83 bits per heavy atom. The van der Waals surface area contributed by atoms with Gasteiger partial charge in [0.25, 0.3) is 0 Å². The van der Waals surface area contributed by atoms with E-state index >= 15 is 0 Å². The van der Waals surface area contributed by atoms with Crippen LogP contribution in [0.15, 0.2) is 36.5 Å². The van der Waals surface area contributed by atoms with E-state index in [1.807, 2.05) is 42.8 Å². The van der Waals surface area contributed by atoms with Gasteiger partial charge in [0.2, 0.25) is 0 Å². The van der Waals surface area contributed by atoms with E-state index in [2.05, 4.69) is 16.0 Å². The summed E-state index contributed by atoms with van der Waals surface area (Å²) < 4.78 is 2.02. The lowest BCUT2D eigenvalue weighted by Gasteiger charge is -2.06. The van der Waals surface area contributed by atoms with Gasteiger partial charge in [-0.05, 0) is 31.2 Å². The molecule has 3 aromatic rings. The van der Waals surface area contributed by atoms with E-state index in [-0.39, 0.29) is 0 Å². The average Bonchev–Trinajstić information content (AvgIpc) is 2.71. The zero-order valence-corrected chi connectivity index (χ0v) is 10.4. The molecule has 1 aromatic carbocycles. The number of nitrogens with zero attached hydrogens (tertiary/aromatic N) is 3. The summed E-state index contributed by atoms with van der Waals surface area (Å²) in [6, 6.07) is 9.88. The highest BCUT2D eigenvalue weighted by molar-refractivity contribution is 5.81. The topological polar surface area (TPSA) is 56.7 Å². The van der Waals surface area contributed by atoms with Crippen molar-refractivity contribution in [3.05, 3.63) is 42.1 Å². The van der Waals surface area contributed by atoms with E-state index in [1.54, 1.807) is 6.20 Å². The molecule has 2 heterocycles. The maximum atomic E-state index is 6.04. The van der Waals surface area contributed by atoms with Gasteiger partial charge in [-0.25, -0.2) is 9.97 Å². The van der Waals surface area contributed by atoms with Gasteiger partial charge < -0.3 is 10.3 Å². The molecule has 90 valence electrons. The minimum Gasteiger partial charge on any atom is -0.398 e. The number of pyridine rings is 1. The van der Waals surface area contributed by atoms with Gasteiger partial charge in [0.15, 0.2) is 5.65 Å². The summed E-state index contributed by atoms with van der Waals surface area (Å²) in [6.07, 6.45) is 1.75. The first-order valence-electron chi connectivity index (χ1n) is 5.81. The normalized spacial score (nSPS) is 11.0. The van der Waals surface area contributed by atoms with Gasteiger partial charge >= 0.3 is 0 Å². The van der Waals surface area contributed by atoms with Crippen LogP contribution in [0.5, 0.6) is 0 Å². The summed E-state index contributed by atoms with van der Waals surface area (Å²) in [4.78, 5) is 8.82. The number of fused-ring (bicyclic) bond motifs is 1. The Balaban J connectivity index is 2.31. The van der Waals surface area contributed by atoms with Crippen molar-refractivity contribution in [3.63, 3.8) is 0 Å². The number of hydrogen-bond donors (Lipinski definition) is 1. The third-order valence-electron chi connectivity index (χ3n) is 3.11. The molecule has 0 radical (unpaired) electrons. The monoisotopic (exact) mass is 238 g/mol. The molecule has 0 spiro atoms. The molecule has 2 aromatic heterocycles. The predicted octanol–water partition coefficient (Wildman–Crippen LogP) is 2.53. The summed E-state index contributed by atoms with van der Waals surface area (Å²) in [5, 5.41) is 0. The van der Waals surface area contributed by atoms with Gasteiger partial charge in [-0.1, -0.05) is 11.6 Å². The predicted molar refractivity (Wildman–Crippen MR) is 73.1 cm³/mol. The molecule has 0 aliphatic heterocycles. The largest absolute Gasteiger partial charge is 0.398 e. The second-order valence-electron chi connectivity index (χ2n) is 4.43. The molecule has 4 nitrogen and oxygen atoms in total. The van der Waals surface area contributed by atoms with Crippen molar-refractivity contribution >= 4 is 16.9 Å². The van der Waals surface area contributed by atoms with E-state index in [1.165, 1.54) is 5.56 Å². The lowest BCUT2D eigenvalue weighted by Crippen LogP contribution is -1.97.